The van der Waals surface area contributed by atoms with Gasteiger partial charge in [-0.15, -0.1) is 0 Å². The Balaban J connectivity index is 1.36. The molecule has 6 heteroatoms. The Morgan fingerprint density at radius 3 is 2.87 bits per heavy atom. The molecule has 2 unspecified atom stereocenters. The van der Waals surface area contributed by atoms with Gasteiger partial charge in [0.1, 0.15) is 0 Å². The molecule has 1 amide bonds. The van der Waals surface area contributed by atoms with Crippen molar-refractivity contribution in [3.8, 4) is 0 Å². The minimum atomic E-state index is 0.259. The second-order valence-electron chi connectivity index (χ2n) is 6.79. The Morgan fingerprint density at radius 1 is 1.30 bits per heavy atom. The zero-order chi connectivity index (χ0) is 16.1. The maximum atomic E-state index is 12.2. The number of rotatable bonds is 6. The average Bonchev–Trinajstić information content (AvgIpc) is 3.20. The molecule has 126 valence electrons. The first-order chi connectivity index (χ1) is 11.2. The minimum absolute atomic E-state index is 0.259. The van der Waals surface area contributed by atoms with Crippen LogP contribution in [0.2, 0.25) is 0 Å². The summed E-state index contributed by atoms with van der Waals surface area (Å²) in [6.45, 7) is 4.46. The summed E-state index contributed by atoms with van der Waals surface area (Å²) < 4.78 is 0. The molecule has 1 aromatic rings. The number of aromatic nitrogens is 2. The van der Waals surface area contributed by atoms with Crippen molar-refractivity contribution in [3.05, 3.63) is 18.5 Å². The third kappa shape index (κ3) is 4.41. The molecule has 1 aliphatic heterocycles. The van der Waals surface area contributed by atoms with E-state index in [0.29, 0.717) is 30.5 Å². The number of nitrogens with zero attached hydrogens (tertiary/aromatic N) is 3. The number of hydrogen-bond donors (Lipinski definition) is 2. The molecule has 3 atom stereocenters. The van der Waals surface area contributed by atoms with Crippen molar-refractivity contribution in [2.45, 2.75) is 51.1 Å². The summed E-state index contributed by atoms with van der Waals surface area (Å²) in [5, 5.41) is 6.75. The minimum Gasteiger partial charge on any atom is -0.354 e. The van der Waals surface area contributed by atoms with E-state index in [4.69, 9.17) is 0 Å². The zero-order valence-electron chi connectivity index (χ0n) is 13.9. The van der Waals surface area contributed by atoms with Crippen LogP contribution < -0.4 is 10.6 Å². The van der Waals surface area contributed by atoms with Gasteiger partial charge in [-0.25, -0.2) is 9.97 Å². The lowest BCUT2D eigenvalue weighted by Gasteiger charge is -2.23. The van der Waals surface area contributed by atoms with Gasteiger partial charge < -0.3 is 15.5 Å². The molecule has 1 aromatic heterocycles. The van der Waals surface area contributed by atoms with Crippen molar-refractivity contribution in [1.82, 2.24) is 20.2 Å². The average molecular weight is 317 g/mol. The van der Waals surface area contributed by atoms with Gasteiger partial charge in [0, 0.05) is 37.6 Å². The maximum Gasteiger partial charge on any atom is 0.236 e. The van der Waals surface area contributed by atoms with Crippen molar-refractivity contribution < 1.29 is 4.79 Å². The fourth-order valence-electron chi connectivity index (χ4n) is 3.71. The number of amides is 1. The Labute approximate surface area is 138 Å². The second kappa shape index (κ2) is 7.73. The van der Waals surface area contributed by atoms with Gasteiger partial charge in [0.2, 0.25) is 11.9 Å². The lowest BCUT2D eigenvalue weighted by molar-refractivity contribution is -0.130. The quantitative estimate of drug-likeness (QED) is 0.835. The molecule has 6 nitrogen and oxygen atoms in total. The fraction of sp³-hybridized carbons (Fsp3) is 0.706. The van der Waals surface area contributed by atoms with E-state index in [1.165, 1.54) is 6.42 Å². The Hall–Kier alpha value is -1.69. The second-order valence-corrected chi connectivity index (χ2v) is 6.79. The molecular weight excluding hydrogens is 290 g/mol. The van der Waals surface area contributed by atoms with Gasteiger partial charge >= 0.3 is 0 Å². The normalized spacial score (nSPS) is 27.3. The molecule has 23 heavy (non-hydrogen) atoms. The van der Waals surface area contributed by atoms with Gasteiger partial charge in [0.15, 0.2) is 0 Å². The van der Waals surface area contributed by atoms with Gasteiger partial charge in [0.05, 0.1) is 6.54 Å². The van der Waals surface area contributed by atoms with Crippen LogP contribution in [0.15, 0.2) is 18.5 Å². The van der Waals surface area contributed by atoms with E-state index in [2.05, 4.69) is 27.5 Å². The topological polar surface area (TPSA) is 70.2 Å². The predicted octanol–water partition coefficient (Wildman–Crippen LogP) is 1.66. The molecule has 0 spiro atoms. The van der Waals surface area contributed by atoms with Crippen LogP contribution in [0, 0.1) is 5.92 Å². The molecule has 0 aromatic carbocycles. The van der Waals surface area contributed by atoms with Crippen LogP contribution in [0.25, 0.3) is 0 Å². The molecule has 2 N–H and O–H groups in total. The molecule has 3 rings (SSSR count). The van der Waals surface area contributed by atoms with E-state index in [1.807, 2.05) is 11.0 Å². The van der Waals surface area contributed by atoms with Crippen LogP contribution >= 0.6 is 0 Å². The summed E-state index contributed by atoms with van der Waals surface area (Å²) in [7, 11) is 0. The SMILES string of the molecule is C[C@@H]1CCCN1C(=O)CNC1CCC(CNc2ncccn2)C1. The highest BCUT2D eigenvalue weighted by Crippen LogP contribution is 2.25. The van der Waals surface area contributed by atoms with E-state index >= 15 is 0 Å². The fourth-order valence-corrected chi connectivity index (χ4v) is 3.71. The highest BCUT2D eigenvalue weighted by molar-refractivity contribution is 5.78. The summed E-state index contributed by atoms with van der Waals surface area (Å²) in [5.41, 5.74) is 0. The van der Waals surface area contributed by atoms with Crippen molar-refractivity contribution in [2.75, 3.05) is 25.0 Å². The Morgan fingerprint density at radius 2 is 2.13 bits per heavy atom. The Bertz CT molecular complexity index is 509. The molecule has 2 fully saturated rings. The highest BCUT2D eigenvalue weighted by atomic mass is 16.2. The van der Waals surface area contributed by atoms with Gasteiger partial charge in [-0.2, -0.15) is 0 Å². The summed E-state index contributed by atoms with van der Waals surface area (Å²) in [5.74, 6) is 1.58. The molecule has 2 aliphatic rings. The smallest absolute Gasteiger partial charge is 0.236 e. The lowest BCUT2D eigenvalue weighted by atomic mass is 10.1. The van der Waals surface area contributed by atoms with Crippen molar-refractivity contribution in [2.24, 2.45) is 5.92 Å². The summed E-state index contributed by atoms with van der Waals surface area (Å²) in [6.07, 6.45) is 9.23. The zero-order valence-corrected chi connectivity index (χ0v) is 13.9. The summed E-state index contributed by atoms with van der Waals surface area (Å²) in [6, 6.07) is 2.69. The number of anilines is 1. The van der Waals surface area contributed by atoms with Crippen molar-refractivity contribution >= 4 is 11.9 Å². The van der Waals surface area contributed by atoms with Crippen LogP contribution in [0.5, 0.6) is 0 Å². The number of carbonyl (C=O) groups is 1. The first-order valence-corrected chi connectivity index (χ1v) is 8.76. The summed E-state index contributed by atoms with van der Waals surface area (Å²) >= 11 is 0. The van der Waals surface area contributed by atoms with E-state index in [0.717, 1.165) is 38.8 Å². The van der Waals surface area contributed by atoms with Gasteiger partial charge in [0.25, 0.3) is 0 Å². The molecule has 0 bridgehead atoms. The van der Waals surface area contributed by atoms with Crippen LogP contribution in [-0.2, 0) is 4.79 Å². The number of nitrogens with one attached hydrogen (secondary N) is 2. The third-order valence-electron chi connectivity index (χ3n) is 5.07. The number of hydrogen-bond acceptors (Lipinski definition) is 5. The van der Waals surface area contributed by atoms with Gasteiger partial charge in [-0.3, -0.25) is 4.79 Å². The van der Waals surface area contributed by atoms with Crippen molar-refractivity contribution in [1.29, 1.82) is 0 Å². The van der Waals surface area contributed by atoms with E-state index in [9.17, 15) is 4.79 Å². The number of carbonyl (C=O) groups excluding carboxylic acids is 1. The van der Waals surface area contributed by atoms with E-state index in [1.54, 1.807) is 12.4 Å². The van der Waals surface area contributed by atoms with Crippen molar-refractivity contribution in [3.63, 3.8) is 0 Å². The maximum absolute atomic E-state index is 12.2. The van der Waals surface area contributed by atoms with E-state index in [-0.39, 0.29) is 5.91 Å². The van der Waals surface area contributed by atoms with Gasteiger partial charge in [-0.05, 0) is 51.0 Å². The standard InChI is InChI=1S/C17H27N5O/c1-13-4-2-9-22(13)16(23)12-20-15-6-5-14(10-15)11-21-17-18-7-3-8-19-17/h3,7-8,13-15,20H,2,4-6,9-12H2,1H3,(H,18,19,21)/t13-,14?,15?/m1/s1. The number of likely N-dealkylation sites (tertiary alicyclic amines) is 1. The Kier molecular flexibility index (Phi) is 5.43. The van der Waals surface area contributed by atoms with Crippen LogP contribution in [0.4, 0.5) is 5.95 Å². The lowest BCUT2D eigenvalue weighted by Crippen LogP contribution is -2.42. The molecule has 1 saturated heterocycles. The molecule has 0 radical (unpaired) electrons. The van der Waals surface area contributed by atoms with E-state index < -0.39 is 0 Å². The summed E-state index contributed by atoms with van der Waals surface area (Å²) in [4.78, 5) is 22.6. The largest absolute Gasteiger partial charge is 0.354 e. The van der Waals surface area contributed by atoms with Crippen LogP contribution in [0.1, 0.15) is 39.0 Å². The predicted molar refractivity (Wildman–Crippen MR) is 90.1 cm³/mol. The first kappa shape index (κ1) is 16.2. The molecule has 1 aliphatic carbocycles. The monoisotopic (exact) mass is 317 g/mol. The molecule has 2 heterocycles. The third-order valence-corrected chi connectivity index (χ3v) is 5.07. The highest BCUT2D eigenvalue weighted by Gasteiger charge is 2.28. The van der Waals surface area contributed by atoms with Crippen LogP contribution in [0.3, 0.4) is 0 Å². The van der Waals surface area contributed by atoms with Gasteiger partial charge in [-0.1, -0.05) is 0 Å². The van der Waals surface area contributed by atoms with Crippen LogP contribution in [-0.4, -0.2) is 52.5 Å². The molecular formula is C17H27N5O. The molecule has 1 saturated carbocycles. The first-order valence-electron chi connectivity index (χ1n) is 8.76.